The third-order valence-corrected chi connectivity index (χ3v) is 2.62. The van der Waals surface area contributed by atoms with Crippen LogP contribution in [-0.4, -0.2) is 49.7 Å². The van der Waals surface area contributed by atoms with Crippen LogP contribution in [0, 0.1) is 5.92 Å². The van der Waals surface area contributed by atoms with Crippen molar-refractivity contribution in [3.63, 3.8) is 0 Å². The van der Waals surface area contributed by atoms with Gasteiger partial charge in [-0.25, -0.2) is 0 Å². The summed E-state index contributed by atoms with van der Waals surface area (Å²) in [7, 11) is 0. The molecule has 0 saturated carbocycles. The maximum absolute atomic E-state index is 12.0. The summed E-state index contributed by atoms with van der Waals surface area (Å²) < 4.78 is 10.1. The van der Waals surface area contributed by atoms with Crippen LogP contribution in [-0.2, 0) is 19.1 Å². The first-order valence-electron chi connectivity index (χ1n) is 7.05. The third-order valence-electron chi connectivity index (χ3n) is 2.62. The van der Waals surface area contributed by atoms with Crippen molar-refractivity contribution in [3.05, 3.63) is 0 Å². The van der Waals surface area contributed by atoms with E-state index in [0.717, 1.165) is 6.42 Å². The molecule has 0 heterocycles. The third kappa shape index (κ3) is 8.59. The summed E-state index contributed by atoms with van der Waals surface area (Å²) in [5.41, 5.74) is 0. The number of carbonyl (C=O) groups excluding carboxylic acids is 2. The molecule has 0 aliphatic heterocycles. The standard InChI is InChI=1S/C14H27NO4/c1-5-18-11-7-9-15(14(17)12(3)4)10-8-13(16)19-6-2/h12H,5-11H2,1-4H3. The van der Waals surface area contributed by atoms with E-state index < -0.39 is 0 Å². The first kappa shape index (κ1) is 17.9. The van der Waals surface area contributed by atoms with Crippen LogP contribution in [0.3, 0.4) is 0 Å². The first-order valence-corrected chi connectivity index (χ1v) is 7.05. The van der Waals surface area contributed by atoms with Crippen molar-refractivity contribution in [2.45, 2.75) is 40.5 Å². The molecule has 0 N–H and O–H groups in total. The highest BCUT2D eigenvalue weighted by Gasteiger charge is 2.17. The topological polar surface area (TPSA) is 55.8 Å². The average Bonchev–Trinajstić information content (AvgIpc) is 2.37. The van der Waals surface area contributed by atoms with E-state index >= 15 is 0 Å². The SMILES string of the molecule is CCOCCCN(CCC(=O)OCC)C(=O)C(C)C. The Labute approximate surface area is 116 Å². The van der Waals surface area contributed by atoms with E-state index in [9.17, 15) is 9.59 Å². The monoisotopic (exact) mass is 273 g/mol. The van der Waals surface area contributed by atoms with Gasteiger partial charge < -0.3 is 14.4 Å². The summed E-state index contributed by atoms with van der Waals surface area (Å²) in [6.45, 7) is 10.2. The second kappa shape index (κ2) is 10.8. The second-order valence-corrected chi connectivity index (χ2v) is 4.59. The molecule has 0 atom stereocenters. The highest BCUT2D eigenvalue weighted by molar-refractivity contribution is 5.79. The van der Waals surface area contributed by atoms with Crippen molar-refractivity contribution in [1.29, 1.82) is 0 Å². The van der Waals surface area contributed by atoms with Crippen LogP contribution in [0.1, 0.15) is 40.5 Å². The van der Waals surface area contributed by atoms with Gasteiger partial charge in [-0.15, -0.1) is 0 Å². The number of esters is 1. The van der Waals surface area contributed by atoms with E-state index in [1.165, 1.54) is 0 Å². The van der Waals surface area contributed by atoms with Crippen molar-refractivity contribution < 1.29 is 19.1 Å². The molecule has 0 aliphatic carbocycles. The molecule has 0 aromatic heterocycles. The Morgan fingerprint density at radius 2 is 1.79 bits per heavy atom. The predicted octanol–water partition coefficient (Wildman–Crippen LogP) is 1.85. The van der Waals surface area contributed by atoms with Crippen LogP contribution >= 0.6 is 0 Å². The maximum atomic E-state index is 12.0. The van der Waals surface area contributed by atoms with Gasteiger partial charge >= 0.3 is 5.97 Å². The van der Waals surface area contributed by atoms with Crippen molar-refractivity contribution in [2.75, 3.05) is 32.9 Å². The summed E-state index contributed by atoms with van der Waals surface area (Å²) in [5.74, 6) is -0.246. The van der Waals surface area contributed by atoms with Gasteiger partial charge in [0.25, 0.3) is 0 Å². The second-order valence-electron chi connectivity index (χ2n) is 4.59. The molecule has 19 heavy (non-hydrogen) atoms. The van der Waals surface area contributed by atoms with E-state index in [-0.39, 0.29) is 24.2 Å². The van der Waals surface area contributed by atoms with Crippen LogP contribution in [0.5, 0.6) is 0 Å². The normalized spacial score (nSPS) is 10.6. The van der Waals surface area contributed by atoms with Crippen LogP contribution in [0.15, 0.2) is 0 Å². The molecule has 5 nitrogen and oxygen atoms in total. The molecule has 0 aromatic carbocycles. The molecule has 0 fully saturated rings. The zero-order chi connectivity index (χ0) is 14.7. The van der Waals surface area contributed by atoms with Gasteiger partial charge in [-0.1, -0.05) is 13.8 Å². The molecule has 0 aromatic rings. The first-order chi connectivity index (χ1) is 9.02. The molecule has 0 unspecified atom stereocenters. The summed E-state index contributed by atoms with van der Waals surface area (Å²) in [6.07, 6.45) is 1.04. The highest BCUT2D eigenvalue weighted by Crippen LogP contribution is 2.04. The summed E-state index contributed by atoms with van der Waals surface area (Å²) in [6, 6.07) is 0. The highest BCUT2D eigenvalue weighted by atomic mass is 16.5. The van der Waals surface area contributed by atoms with E-state index in [1.54, 1.807) is 11.8 Å². The van der Waals surface area contributed by atoms with Gasteiger partial charge in [-0.2, -0.15) is 0 Å². The number of hydrogen-bond donors (Lipinski definition) is 0. The molecular weight excluding hydrogens is 246 g/mol. The Balaban J connectivity index is 4.18. The molecule has 0 rings (SSSR count). The number of ether oxygens (including phenoxy) is 2. The minimum atomic E-state index is -0.256. The van der Waals surface area contributed by atoms with Gasteiger partial charge in [0.05, 0.1) is 13.0 Å². The zero-order valence-electron chi connectivity index (χ0n) is 12.6. The van der Waals surface area contributed by atoms with Gasteiger partial charge in [0.2, 0.25) is 5.91 Å². The fourth-order valence-corrected chi connectivity index (χ4v) is 1.66. The fourth-order valence-electron chi connectivity index (χ4n) is 1.66. The summed E-state index contributed by atoms with van der Waals surface area (Å²) in [4.78, 5) is 25.1. The van der Waals surface area contributed by atoms with Crippen LogP contribution in [0.4, 0.5) is 0 Å². The van der Waals surface area contributed by atoms with E-state index in [2.05, 4.69) is 0 Å². The molecule has 0 bridgehead atoms. The smallest absolute Gasteiger partial charge is 0.307 e. The van der Waals surface area contributed by atoms with E-state index in [1.807, 2.05) is 20.8 Å². The summed E-state index contributed by atoms with van der Waals surface area (Å²) >= 11 is 0. The number of carbonyl (C=O) groups is 2. The molecular formula is C14H27NO4. The molecule has 5 heteroatoms. The number of nitrogens with zero attached hydrogens (tertiary/aromatic N) is 1. The van der Waals surface area contributed by atoms with Crippen molar-refractivity contribution in [3.8, 4) is 0 Å². The Hall–Kier alpha value is -1.10. The van der Waals surface area contributed by atoms with Crippen molar-refractivity contribution in [2.24, 2.45) is 5.92 Å². The molecule has 112 valence electrons. The lowest BCUT2D eigenvalue weighted by Gasteiger charge is -2.24. The molecule has 1 amide bonds. The van der Waals surface area contributed by atoms with E-state index in [0.29, 0.717) is 32.9 Å². The minimum Gasteiger partial charge on any atom is -0.466 e. The summed E-state index contributed by atoms with van der Waals surface area (Å²) in [5, 5.41) is 0. The maximum Gasteiger partial charge on any atom is 0.307 e. The molecule has 0 radical (unpaired) electrons. The Bertz CT molecular complexity index is 266. The lowest BCUT2D eigenvalue weighted by molar-refractivity contribution is -0.144. The molecule has 0 saturated heterocycles. The quantitative estimate of drug-likeness (QED) is 0.450. The Morgan fingerprint density at radius 3 is 2.32 bits per heavy atom. The predicted molar refractivity (Wildman–Crippen MR) is 73.8 cm³/mol. The average molecular weight is 273 g/mol. The van der Waals surface area contributed by atoms with Crippen molar-refractivity contribution in [1.82, 2.24) is 4.90 Å². The lowest BCUT2D eigenvalue weighted by Crippen LogP contribution is -2.37. The number of amides is 1. The van der Waals surface area contributed by atoms with Gasteiger partial charge in [-0.3, -0.25) is 9.59 Å². The number of rotatable bonds is 10. The van der Waals surface area contributed by atoms with Crippen LogP contribution in [0.2, 0.25) is 0 Å². The van der Waals surface area contributed by atoms with Gasteiger partial charge in [0, 0.05) is 32.2 Å². The largest absolute Gasteiger partial charge is 0.466 e. The van der Waals surface area contributed by atoms with Gasteiger partial charge in [0.15, 0.2) is 0 Å². The van der Waals surface area contributed by atoms with Crippen molar-refractivity contribution >= 4 is 11.9 Å². The van der Waals surface area contributed by atoms with E-state index in [4.69, 9.17) is 9.47 Å². The Kier molecular flexibility index (Phi) is 10.2. The fraction of sp³-hybridized carbons (Fsp3) is 0.857. The number of hydrogen-bond acceptors (Lipinski definition) is 4. The zero-order valence-corrected chi connectivity index (χ0v) is 12.6. The molecule has 0 aliphatic rings. The Morgan fingerprint density at radius 1 is 1.11 bits per heavy atom. The van der Waals surface area contributed by atoms with Crippen LogP contribution < -0.4 is 0 Å². The van der Waals surface area contributed by atoms with Gasteiger partial charge in [0.1, 0.15) is 0 Å². The van der Waals surface area contributed by atoms with Gasteiger partial charge in [-0.05, 0) is 20.3 Å². The van der Waals surface area contributed by atoms with Crippen LogP contribution in [0.25, 0.3) is 0 Å². The molecule has 0 spiro atoms. The minimum absolute atomic E-state index is 0.0608. The lowest BCUT2D eigenvalue weighted by atomic mass is 10.2.